The summed E-state index contributed by atoms with van der Waals surface area (Å²) in [5, 5.41) is 8.43. The van der Waals surface area contributed by atoms with Crippen LogP contribution < -0.4 is 4.74 Å². The zero-order valence-corrected chi connectivity index (χ0v) is 9.67. The third-order valence-electron chi connectivity index (χ3n) is 1.69. The summed E-state index contributed by atoms with van der Waals surface area (Å²) in [6.07, 6.45) is 1.78. The predicted molar refractivity (Wildman–Crippen MR) is 59.8 cm³/mol. The summed E-state index contributed by atoms with van der Waals surface area (Å²) < 4.78 is 28.5. The van der Waals surface area contributed by atoms with Gasteiger partial charge in [0.2, 0.25) is 0 Å². The summed E-state index contributed by atoms with van der Waals surface area (Å²) in [4.78, 5) is 10.4. The molecule has 0 unspecified atom stereocenters. The van der Waals surface area contributed by atoms with Crippen LogP contribution >= 0.6 is 23.2 Å². The van der Waals surface area contributed by atoms with Gasteiger partial charge in [-0.05, 0) is 18.2 Å². The molecule has 1 N–H and O–H groups in total. The number of hydrogen-bond donors (Lipinski definition) is 1. The van der Waals surface area contributed by atoms with Crippen LogP contribution in [-0.2, 0) is 4.79 Å². The lowest BCUT2D eigenvalue weighted by atomic mass is 10.2. The summed E-state index contributed by atoms with van der Waals surface area (Å²) in [6, 6.07) is 2.63. The van der Waals surface area contributed by atoms with Gasteiger partial charge in [0, 0.05) is 11.6 Å². The van der Waals surface area contributed by atoms with Crippen LogP contribution in [0.3, 0.4) is 0 Å². The monoisotopic (exact) mass is 282 g/mol. The molecule has 0 radical (unpaired) electrons. The summed E-state index contributed by atoms with van der Waals surface area (Å²) in [5.74, 6) is -1.60. The van der Waals surface area contributed by atoms with E-state index in [0.717, 1.165) is 12.2 Å². The lowest BCUT2D eigenvalue weighted by molar-refractivity contribution is -0.131. The van der Waals surface area contributed by atoms with Crippen molar-refractivity contribution in [3.8, 4) is 5.75 Å². The third kappa shape index (κ3) is 3.87. The second kappa shape index (κ2) is 5.84. The Kier molecular flexibility index (Phi) is 4.72. The maximum Gasteiger partial charge on any atom is 0.387 e. The standard InChI is InChI=1S/C10H6Cl2F2O3/c11-6-2-3-7(12)9(17-10(13)14)5(6)1-4-8(15)16/h1-4,10H,(H,15,16). The number of alkyl halides is 2. The van der Waals surface area contributed by atoms with Crippen LogP contribution in [0.25, 0.3) is 6.08 Å². The molecule has 0 aliphatic heterocycles. The van der Waals surface area contributed by atoms with E-state index in [2.05, 4.69) is 4.74 Å². The van der Waals surface area contributed by atoms with Crippen molar-refractivity contribution in [1.82, 2.24) is 0 Å². The van der Waals surface area contributed by atoms with Crippen molar-refractivity contribution in [3.63, 3.8) is 0 Å². The van der Waals surface area contributed by atoms with Gasteiger partial charge in [-0.25, -0.2) is 4.79 Å². The van der Waals surface area contributed by atoms with E-state index in [9.17, 15) is 13.6 Å². The van der Waals surface area contributed by atoms with E-state index in [0.29, 0.717) is 0 Å². The van der Waals surface area contributed by atoms with Crippen LogP contribution in [0, 0.1) is 0 Å². The number of rotatable bonds is 4. The van der Waals surface area contributed by atoms with Crippen molar-refractivity contribution in [1.29, 1.82) is 0 Å². The SMILES string of the molecule is O=C(O)C=Cc1c(Cl)ccc(Cl)c1OC(F)F. The fourth-order valence-corrected chi connectivity index (χ4v) is 1.49. The molecular weight excluding hydrogens is 277 g/mol. The number of halogens is 4. The lowest BCUT2D eigenvalue weighted by Crippen LogP contribution is -2.04. The molecule has 0 saturated heterocycles. The van der Waals surface area contributed by atoms with E-state index in [-0.39, 0.29) is 21.4 Å². The fraction of sp³-hybridized carbons (Fsp3) is 0.100. The van der Waals surface area contributed by atoms with Gasteiger partial charge in [0.1, 0.15) is 0 Å². The summed E-state index contributed by atoms with van der Waals surface area (Å²) in [6.45, 7) is -3.08. The van der Waals surface area contributed by atoms with Gasteiger partial charge in [0.15, 0.2) is 5.75 Å². The first-order chi connectivity index (χ1) is 7.91. The molecule has 0 heterocycles. The number of aliphatic carboxylic acids is 1. The van der Waals surface area contributed by atoms with E-state index >= 15 is 0 Å². The fourth-order valence-electron chi connectivity index (χ4n) is 1.07. The van der Waals surface area contributed by atoms with Gasteiger partial charge in [-0.3, -0.25) is 0 Å². The summed E-state index contributed by atoms with van der Waals surface area (Å²) in [7, 11) is 0. The number of ether oxygens (including phenoxy) is 1. The highest BCUT2D eigenvalue weighted by molar-refractivity contribution is 6.35. The second-order valence-electron chi connectivity index (χ2n) is 2.82. The Morgan fingerprint density at radius 2 is 1.94 bits per heavy atom. The zero-order valence-electron chi connectivity index (χ0n) is 8.16. The first-order valence-electron chi connectivity index (χ1n) is 4.25. The Balaban J connectivity index is 3.24. The number of carboxylic acid groups (broad SMARTS) is 1. The van der Waals surface area contributed by atoms with Crippen molar-refractivity contribution >= 4 is 35.2 Å². The predicted octanol–water partition coefficient (Wildman–Crippen LogP) is 3.69. The molecule has 1 aromatic rings. The Morgan fingerprint density at radius 1 is 1.35 bits per heavy atom. The molecule has 17 heavy (non-hydrogen) atoms. The van der Waals surface area contributed by atoms with Gasteiger partial charge >= 0.3 is 12.6 Å². The zero-order chi connectivity index (χ0) is 13.0. The van der Waals surface area contributed by atoms with Crippen molar-refractivity contribution in [2.24, 2.45) is 0 Å². The molecule has 0 aliphatic rings. The highest BCUT2D eigenvalue weighted by Gasteiger charge is 2.15. The first-order valence-corrected chi connectivity index (χ1v) is 5.01. The van der Waals surface area contributed by atoms with Crippen molar-refractivity contribution in [2.45, 2.75) is 6.61 Å². The van der Waals surface area contributed by atoms with E-state index in [4.69, 9.17) is 28.3 Å². The molecule has 7 heteroatoms. The highest BCUT2D eigenvalue weighted by atomic mass is 35.5. The van der Waals surface area contributed by atoms with Gasteiger partial charge in [-0.15, -0.1) is 0 Å². The van der Waals surface area contributed by atoms with Crippen LogP contribution in [0.1, 0.15) is 5.56 Å². The maximum absolute atomic E-state index is 12.1. The summed E-state index contributed by atoms with van der Waals surface area (Å²) in [5.41, 5.74) is -0.0122. The Bertz CT molecular complexity index is 461. The van der Waals surface area contributed by atoms with E-state index < -0.39 is 12.6 Å². The van der Waals surface area contributed by atoms with Gasteiger partial charge < -0.3 is 9.84 Å². The first kappa shape index (κ1) is 13.7. The van der Waals surface area contributed by atoms with Crippen LogP contribution in [-0.4, -0.2) is 17.7 Å². The van der Waals surface area contributed by atoms with Crippen LogP contribution in [0.15, 0.2) is 18.2 Å². The molecule has 0 fully saturated rings. The molecule has 0 aromatic heterocycles. The van der Waals surface area contributed by atoms with Crippen LogP contribution in [0.5, 0.6) is 5.75 Å². The molecule has 92 valence electrons. The van der Waals surface area contributed by atoms with Gasteiger partial charge in [-0.2, -0.15) is 8.78 Å². The van der Waals surface area contributed by atoms with Crippen LogP contribution in [0.2, 0.25) is 10.0 Å². The average molecular weight is 283 g/mol. The lowest BCUT2D eigenvalue weighted by Gasteiger charge is -2.11. The van der Waals surface area contributed by atoms with E-state index in [1.165, 1.54) is 12.1 Å². The number of carboxylic acids is 1. The highest BCUT2D eigenvalue weighted by Crippen LogP contribution is 2.35. The smallest absolute Gasteiger partial charge is 0.387 e. The van der Waals surface area contributed by atoms with E-state index in [1.807, 2.05) is 0 Å². The number of benzene rings is 1. The minimum absolute atomic E-state index is 0.0122. The molecule has 3 nitrogen and oxygen atoms in total. The van der Waals surface area contributed by atoms with Crippen LogP contribution in [0.4, 0.5) is 8.78 Å². The van der Waals surface area contributed by atoms with E-state index in [1.54, 1.807) is 0 Å². The number of hydrogen-bond acceptors (Lipinski definition) is 2. The minimum Gasteiger partial charge on any atom is -0.478 e. The molecule has 0 atom stereocenters. The number of carbonyl (C=O) groups is 1. The molecule has 0 aliphatic carbocycles. The molecule has 1 rings (SSSR count). The molecular formula is C10H6Cl2F2O3. The minimum atomic E-state index is -3.08. The summed E-state index contributed by atoms with van der Waals surface area (Å²) >= 11 is 11.4. The third-order valence-corrected chi connectivity index (χ3v) is 2.32. The van der Waals surface area contributed by atoms with Crippen molar-refractivity contribution in [3.05, 3.63) is 33.8 Å². The Labute approximate surface area is 105 Å². The van der Waals surface area contributed by atoms with Gasteiger partial charge in [0.25, 0.3) is 0 Å². The maximum atomic E-state index is 12.1. The average Bonchev–Trinajstić information content (AvgIpc) is 2.22. The molecule has 0 amide bonds. The van der Waals surface area contributed by atoms with Crippen molar-refractivity contribution < 1.29 is 23.4 Å². The quantitative estimate of drug-likeness (QED) is 0.857. The molecule has 0 bridgehead atoms. The largest absolute Gasteiger partial charge is 0.478 e. The Morgan fingerprint density at radius 3 is 2.47 bits per heavy atom. The van der Waals surface area contributed by atoms with Gasteiger partial charge in [-0.1, -0.05) is 23.2 Å². The topological polar surface area (TPSA) is 46.5 Å². The molecule has 0 spiro atoms. The molecule has 1 aromatic carbocycles. The Hall–Kier alpha value is -1.33. The normalized spacial score (nSPS) is 11.1. The molecule has 0 saturated carbocycles. The van der Waals surface area contributed by atoms with Gasteiger partial charge in [0.05, 0.1) is 10.0 Å². The second-order valence-corrected chi connectivity index (χ2v) is 3.64. The van der Waals surface area contributed by atoms with Crippen molar-refractivity contribution in [2.75, 3.05) is 0 Å².